The highest BCUT2D eigenvalue weighted by Gasteiger charge is 2.06. The zero-order valence-electron chi connectivity index (χ0n) is 9.02. The van der Waals surface area contributed by atoms with Crippen LogP contribution < -0.4 is 16.8 Å². The second kappa shape index (κ2) is 4.88. The average Bonchev–Trinajstić information content (AvgIpc) is 2.34. The predicted molar refractivity (Wildman–Crippen MR) is 69.6 cm³/mol. The maximum atomic E-state index is 5.80. The van der Waals surface area contributed by atoms with E-state index in [0.717, 1.165) is 5.56 Å². The van der Waals surface area contributed by atoms with Crippen LogP contribution in [-0.2, 0) is 6.54 Å². The third-order valence-corrected chi connectivity index (χ3v) is 2.51. The third-order valence-electron chi connectivity index (χ3n) is 2.22. The first-order valence-corrected chi connectivity index (χ1v) is 5.41. The van der Waals surface area contributed by atoms with Gasteiger partial charge in [0, 0.05) is 6.54 Å². The molecule has 5 N–H and O–H groups in total. The van der Waals surface area contributed by atoms with Crippen molar-refractivity contribution in [1.29, 1.82) is 0 Å². The minimum Gasteiger partial charge on any atom is -0.393 e. The molecule has 1 aromatic carbocycles. The summed E-state index contributed by atoms with van der Waals surface area (Å²) in [4.78, 5) is 7.98. The van der Waals surface area contributed by atoms with Gasteiger partial charge in [0.25, 0.3) is 0 Å². The number of halogens is 1. The number of hydrogen-bond donors (Lipinski definition) is 3. The van der Waals surface area contributed by atoms with Crippen LogP contribution in [0.3, 0.4) is 0 Å². The molecule has 5 nitrogen and oxygen atoms in total. The fourth-order valence-electron chi connectivity index (χ4n) is 1.31. The first-order valence-electron chi connectivity index (χ1n) is 5.03. The molecule has 0 fully saturated rings. The van der Waals surface area contributed by atoms with Crippen LogP contribution in [0.15, 0.2) is 30.3 Å². The van der Waals surface area contributed by atoms with Crippen LogP contribution in [0, 0.1) is 0 Å². The highest BCUT2D eigenvalue weighted by Crippen LogP contribution is 2.22. The molecule has 0 bridgehead atoms. The highest BCUT2D eigenvalue weighted by molar-refractivity contribution is 6.32. The Hall–Kier alpha value is -2.01. The van der Waals surface area contributed by atoms with E-state index in [1.165, 1.54) is 0 Å². The molecule has 0 aliphatic carbocycles. The van der Waals surface area contributed by atoms with Gasteiger partial charge in [-0.25, -0.2) is 0 Å². The molecule has 0 amide bonds. The second-order valence-electron chi connectivity index (χ2n) is 3.48. The van der Waals surface area contributed by atoms with Crippen molar-refractivity contribution in [2.24, 2.45) is 0 Å². The van der Waals surface area contributed by atoms with Crippen molar-refractivity contribution in [3.05, 3.63) is 41.0 Å². The number of nitrogens with one attached hydrogen (secondary N) is 1. The van der Waals surface area contributed by atoms with E-state index in [4.69, 9.17) is 23.1 Å². The summed E-state index contributed by atoms with van der Waals surface area (Å²) >= 11 is 5.80. The van der Waals surface area contributed by atoms with Crippen LogP contribution in [0.2, 0.25) is 5.15 Å². The summed E-state index contributed by atoms with van der Waals surface area (Å²) in [6.45, 7) is 0.598. The van der Waals surface area contributed by atoms with Gasteiger partial charge in [-0.3, -0.25) is 0 Å². The lowest BCUT2D eigenvalue weighted by molar-refractivity contribution is 1.06. The van der Waals surface area contributed by atoms with Crippen molar-refractivity contribution in [2.45, 2.75) is 6.54 Å². The maximum absolute atomic E-state index is 5.80. The minimum atomic E-state index is 0.160. The van der Waals surface area contributed by atoms with Crippen molar-refractivity contribution in [3.63, 3.8) is 0 Å². The van der Waals surface area contributed by atoms with E-state index in [-0.39, 0.29) is 16.7 Å². The molecule has 0 saturated carbocycles. The second-order valence-corrected chi connectivity index (χ2v) is 3.83. The number of anilines is 3. The topological polar surface area (TPSA) is 89.8 Å². The summed E-state index contributed by atoms with van der Waals surface area (Å²) in [7, 11) is 0. The third kappa shape index (κ3) is 2.76. The molecule has 0 atom stereocenters. The molecule has 0 radical (unpaired) electrons. The fourth-order valence-corrected chi connectivity index (χ4v) is 1.49. The number of nitrogens with zero attached hydrogens (tertiary/aromatic N) is 2. The van der Waals surface area contributed by atoms with Crippen molar-refractivity contribution in [1.82, 2.24) is 9.97 Å². The molecule has 0 unspecified atom stereocenters. The monoisotopic (exact) mass is 249 g/mol. The summed E-state index contributed by atoms with van der Waals surface area (Å²) in [5, 5.41) is 3.19. The molecule has 0 spiro atoms. The summed E-state index contributed by atoms with van der Waals surface area (Å²) in [6, 6.07) is 9.87. The molecule has 1 heterocycles. The molecule has 17 heavy (non-hydrogen) atoms. The standard InChI is InChI=1S/C11H12ClN5/c12-9-8(13)10(14)17-11(16-9)15-6-7-4-2-1-3-5-7/h1-5H,6,13H2,(H3,14,15,16,17). The quantitative estimate of drug-likeness (QED) is 0.723. The lowest BCUT2D eigenvalue weighted by Crippen LogP contribution is -2.07. The van der Waals surface area contributed by atoms with Crippen LogP contribution in [0.4, 0.5) is 17.5 Å². The predicted octanol–water partition coefficient (Wildman–Crippen LogP) is 1.91. The zero-order chi connectivity index (χ0) is 12.3. The first-order chi connectivity index (χ1) is 8.16. The summed E-state index contributed by atoms with van der Waals surface area (Å²) < 4.78 is 0. The van der Waals surface area contributed by atoms with E-state index in [1.807, 2.05) is 30.3 Å². The van der Waals surface area contributed by atoms with Gasteiger partial charge in [0.15, 0.2) is 11.0 Å². The van der Waals surface area contributed by atoms with Gasteiger partial charge >= 0.3 is 0 Å². The molecule has 6 heteroatoms. The Balaban J connectivity index is 2.10. The SMILES string of the molecule is Nc1nc(NCc2ccccc2)nc(Cl)c1N. The van der Waals surface area contributed by atoms with Gasteiger partial charge in [-0.15, -0.1) is 0 Å². The molecule has 0 aliphatic rings. The van der Waals surface area contributed by atoms with Gasteiger partial charge in [0.2, 0.25) is 5.95 Å². The van der Waals surface area contributed by atoms with Crippen molar-refractivity contribution in [3.8, 4) is 0 Å². The highest BCUT2D eigenvalue weighted by atomic mass is 35.5. The van der Waals surface area contributed by atoms with Crippen LogP contribution in [0.1, 0.15) is 5.56 Å². The Labute approximate surface area is 104 Å². The molecule has 0 aliphatic heterocycles. The number of aromatic nitrogens is 2. The van der Waals surface area contributed by atoms with Gasteiger partial charge < -0.3 is 16.8 Å². The van der Waals surface area contributed by atoms with Gasteiger partial charge in [-0.2, -0.15) is 9.97 Å². The average molecular weight is 250 g/mol. The number of rotatable bonds is 3. The summed E-state index contributed by atoms with van der Waals surface area (Å²) in [5.41, 5.74) is 12.5. The van der Waals surface area contributed by atoms with E-state index >= 15 is 0 Å². The molecule has 2 aromatic rings. The van der Waals surface area contributed by atoms with Crippen molar-refractivity contribution >= 4 is 29.1 Å². The lowest BCUT2D eigenvalue weighted by atomic mass is 10.2. The molecule has 88 valence electrons. The number of nitrogens with two attached hydrogens (primary N) is 2. The van der Waals surface area contributed by atoms with Crippen molar-refractivity contribution < 1.29 is 0 Å². The number of benzene rings is 1. The van der Waals surface area contributed by atoms with Gasteiger partial charge in [0.1, 0.15) is 5.69 Å². The van der Waals surface area contributed by atoms with Crippen LogP contribution in [0.25, 0.3) is 0 Å². The van der Waals surface area contributed by atoms with Gasteiger partial charge in [-0.1, -0.05) is 41.9 Å². The zero-order valence-corrected chi connectivity index (χ0v) is 9.78. The summed E-state index contributed by atoms with van der Waals surface area (Å²) in [6.07, 6.45) is 0. The van der Waals surface area contributed by atoms with E-state index in [1.54, 1.807) is 0 Å². The number of hydrogen-bond acceptors (Lipinski definition) is 5. The molecule has 0 saturated heterocycles. The first kappa shape index (κ1) is 11.5. The smallest absolute Gasteiger partial charge is 0.226 e. The van der Waals surface area contributed by atoms with Gasteiger partial charge in [-0.05, 0) is 5.56 Å². The minimum absolute atomic E-state index is 0.160. The van der Waals surface area contributed by atoms with Gasteiger partial charge in [0.05, 0.1) is 0 Å². The lowest BCUT2D eigenvalue weighted by Gasteiger charge is -2.07. The molecular formula is C11H12ClN5. The number of nitrogen functional groups attached to an aromatic ring is 2. The van der Waals surface area contributed by atoms with Crippen molar-refractivity contribution in [2.75, 3.05) is 16.8 Å². The Bertz CT molecular complexity index is 492. The molecule has 1 aromatic heterocycles. The summed E-state index contributed by atoms with van der Waals surface area (Å²) in [5.74, 6) is 0.547. The van der Waals surface area contributed by atoms with Crippen LogP contribution in [0.5, 0.6) is 0 Å². The molecular weight excluding hydrogens is 238 g/mol. The Morgan fingerprint density at radius 2 is 1.82 bits per heavy atom. The Morgan fingerprint density at radius 1 is 1.12 bits per heavy atom. The van der Waals surface area contributed by atoms with Crippen LogP contribution in [-0.4, -0.2) is 9.97 Å². The van der Waals surface area contributed by atoms with E-state index in [9.17, 15) is 0 Å². The Kier molecular flexibility index (Phi) is 3.30. The molecule has 2 rings (SSSR count). The maximum Gasteiger partial charge on any atom is 0.226 e. The van der Waals surface area contributed by atoms with E-state index in [0.29, 0.717) is 12.5 Å². The van der Waals surface area contributed by atoms with E-state index < -0.39 is 0 Å². The van der Waals surface area contributed by atoms with Crippen LogP contribution >= 0.6 is 11.6 Å². The fraction of sp³-hybridized carbons (Fsp3) is 0.0909. The largest absolute Gasteiger partial charge is 0.393 e. The normalized spacial score (nSPS) is 10.2. The Morgan fingerprint density at radius 3 is 2.47 bits per heavy atom. The van der Waals surface area contributed by atoms with E-state index in [2.05, 4.69) is 15.3 Å².